The second-order valence-electron chi connectivity index (χ2n) is 6.32. The van der Waals surface area contributed by atoms with Crippen LogP contribution >= 0.6 is 0 Å². The van der Waals surface area contributed by atoms with Crippen LogP contribution in [-0.2, 0) is 16.2 Å². The van der Waals surface area contributed by atoms with Crippen LogP contribution in [0.2, 0.25) is 0 Å². The van der Waals surface area contributed by atoms with Crippen LogP contribution in [0.15, 0.2) is 78.0 Å². The van der Waals surface area contributed by atoms with Crippen molar-refractivity contribution < 1.29 is 23.7 Å². The van der Waals surface area contributed by atoms with Crippen LogP contribution in [0, 0.1) is 15.9 Å². The summed E-state index contributed by atoms with van der Waals surface area (Å²) in [5, 5.41) is 17.3. The molecule has 1 N–H and O–H groups in total. The largest absolute Gasteiger partial charge is 0.483 e. The third kappa shape index (κ3) is 6.64. The molecule has 31 heavy (non-hydrogen) atoms. The predicted molar refractivity (Wildman–Crippen MR) is 112 cm³/mol. The van der Waals surface area contributed by atoms with E-state index in [1.54, 1.807) is 36.4 Å². The van der Waals surface area contributed by atoms with Crippen LogP contribution in [0.4, 0.5) is 15.8 Å². The number of nitrogens with one attached hydrogen (secondary N) is 1. The summed E-state index contributed by atoms with van der Waals surface area (Å²) in [4.78, 5) is 27.6. The molecule has 0 aliphatic carbocycles. The second-order valence-corrected chi connectivity index (χ2v) is 6.32. The van der Waals surface area contributed by atoms with Crippen molar-refractivity contribution in [2.75, 3.05) is 11.9 Å². The summed E-state index contributed by atoms with van der Waals surface area (Å²) in [5.41, 5.74) is 1.62. The van der Waals surface area contributed by atoms with Gasteiger partial charge in [-0.1, -0.05) is 29.4 Å². The number of ether oxygens (including phenoxy) is 1. The van der Waals surface area contributed by atoms with E-state index in [1.165, 1.54) is 42.6 Å². The molecule has 0 unspecified atom stereocenters. The van der Waals surface area contributed by atoms with E-state index in [-0.39, 0.29) is 18.9 Å². The smallest absolute Gasteiger partial charge is 0.269 e. The number of carbonyl (C=O) groups excluding carboxylic acids is 1. The molecule has 0 bridgehead atoms. The van der Waals surface area contributed by atoms with E-state index in [9.17, 15) is 19.3 Å². The van der Waals surface area contributed by atoms with Gasteiger partial charge in [0.2, 0.25) is 0 Å². The molecule has 1 amide bonds. The molecule has 0 heterocycles. The van der Waals surface area contributed by atoms with Crippen LogP contribution in [0.1, 0.15) is 11.1 Å². The van der Waals surface area contributed by atoms with E-state index in [4.69, 9.17) is 9.57 Å². The summed E-state index contributed by atoms with van der Waals surface area (Å²) < 4.78 is 18.5. The number of non-ortho nitro benzene ring substituents is 1. The first kappa shape index (κ1) is 21.4. The monoisotopic (exact) mass is 423 g/mol. The maximum Gasteiger partial charge on any atom is 0.269 e. The number of hydrogen-bond acceptors (Lipinski definition) is 6. The Balaban J connectivity index is 1.53. The maximum atomic E-state index is 12.9. The molecule has 3 aromatic carbocycles. The van der Waals surface area contributed by atoms with Crippen LogP contribution < -0.4 is 10.1 Å². The quantitative estimate of drug-likeness (QED) is 0.314. The number of carbonyl (C=O) groups is 1. The van der Waals surface area contributed by atoms with E-state index < -0.39 is 16.6 Å². The van der Waals surface area contributed by atoms with Crippen molar-refractivity contribution in [1.29, 1.82) is 0 Å². The number of hydrogen-bond donors (Lipinski definition) is 1. The van der Waals surface area contributed by atoms with Gasteiger partial charge in [-0.25, -0.2) is 4.39 Å². The Hall–Kier alpha value is -4.27. The lowest BCUT2D eigenvalue weighted by Gasteiger charge is -2.09. The molecular formula is C22H18FN3O5. The number of amides is 1. The number of benzene rings is 3. The Bertz CT molecular complexity index is 1090. The van der Waals surface area contributed by atoms with Gasteiger partial charge in [0.25, 0.3) is 11.6 Å². The number of anilines is 1. The minimum Gasteiger partial charge on any atom is -0.483 e. The standard InChI is InChI=1S/C22H18FN3O5/c23-18-8-10-19(11-9-18)25-22(27)15-30-21-7-2-1-5-17(21)13-24-31-14-16-4-3-6-20(12-16)26(28)29/h1-13H,14-15H2,(H,25,27)/b24-13-. The highest BCUT2D eigenvalue weighted by Gasteiger charge is 2.07. The van der Waals surface area contributed by atoms with Gasteiger partial charge < -0.3 is 14.9 Å². The van der Waals surface area contributed by atoms with E-state index in [2.05, 4.69) is 10.5 Å². The van der Waals surface area contributed by atoms with Gasteiger partial charge >= 0.3 is 0 Å². The zero-order valence-corrected chi connectivity index (χ0v) is 16.2. The van der Waals surface area contributed by atoms with Gasteiger partial charge in [0.05, 0.1) is 11.1 Å². The fourth-order valence-electron chi connectivity index (χ4n) is 2.56. The Morgan fingerprint density at radius 1 is 1.10 bits per heavy atom. The number of nitrogens with zero attached hydrogens (tertiary/aromatic N) is 2. The Kier molecular flexibility index (Phi) is 7.26. The van der Waals surface area contributed by atoms with E-state index >= 15 is 0 Å². The molecule has 0 aliphatic rings. The zero-order chi connectivity index (χ0) is 22.1. The molecule has 9 heteroatoms. The maximum absolute atomic E-state index is 12.9. The van der Waals surface area contributed by atoms with Crippen molar-refractivity contribution in [1.82, 2.24) is 0 Å². The molecular weight excluding hydrogens is 405 g/mol. The van der Waals surface area contributed by atoms with Gasteiger partial charge in [-0.3, -0.25) is 14.9 Å². The molecule has 3 rings (SSSR count). The van der Waals surface area contributed by atoms with Crippen molar-refractivity contribution in [3.8, 4) is 5.75 Å². The second kappa shape index (κ2) is 10.5. The summed E-state index contributed by atoms with van der Waals surface area (Å²) in [7, 11) is 0. The van der Waals surface area contributed by atoms with Gasteiger partial charge in [-0.05, 0) is 42.0 Å². The van der Waals surface area contributed by atoms with Crippen molar-refractivity contribution in [2.24, 2.45) is 5.16 Å². The normalized spacial score (nSPS) is 10.6. The van der Waals surface area contributed by atoms with Crippen molar-refractivity contribution in [2.45, 2.75) is 6.61 Å². The Labute approximate surface area is 177 Å². The molecule has 158 valence electrons. The van der Waals surface area contributed by atoms with Gasteiger partial charge in [-0.2, -0.15) is 0 Å². The Morgan fingerprint density at radius 3 is 2.65 bits per heavy atom. The minimum atomic E-state index is -0.480. The lowest BCUT2D eigenvalue weighted by molar-refractivity contribution is -0.384. The number of nitro benzene ring substituents is 1. The van der Waals surface area contributed by atoms with Crippen LogP contribution in [-0.4, -0.2) is 23.7 Å². The van der Waals surface area contributed by atoms with Gasteiger partial charge in [0, 0.05) is 23.4 Å². The third-order valence-electron chi connectivity index (χ3n) is 4.02. The highest BCUT2D eigenvalue weighted by atomic mass is 19.1. The van der Waals surface area contributed by atoms with Crippen molar-refractivity contribution in [3.63, 3.8) is 0 Å². The fraction of sp³-hybridized carbons (Fsp3) is 0.0909. The predicted octanol–water partition coefficient (Wildman–Crippen LogP) is 4.30. The van der Waals surface area contributed by atoms with Crippen LogP contribution in [0.3, 0.4) is 0 Å². The molecule has 0 spiro atoms. The number of oxime groups is 1. The lowest BCUT2D eigenvalue weighted by atomic mass is 10.2. The Morgan fingerprint density at radius 2 is 1.87 bits per heavy atom. The van der Waals surface area contributed by atoms with Gasteiger partial charge in [0.1, 0.15) is 18.2 Å². The first-order valence-corrected chi connectivity index (χ1v) is 9.17. The molecule has 0 aliphatic heterocycles. The molecule has 0 saturated heterocycles. The molecule has 8 nitrogen and oxygen atoms in total. The highest BCUT2D eigenvalue weighted by molar-refractivity contribution is 5.92. The number of rotatable bonds is 9. The molecule has 0 radical (unpaired) electrons. The van der Waals surface area contributed by atoms with E-state index in [0.717, 1.165) is 0 Å². The molecule has 0 atom stereocenters. The van der Waals surface area contributed by atoms with Gasteiger partial charge in [-0.15, -0.1) is 0 Å². The zero-order valence-electron chi connectivity index (χ0n) is 16.2. The first-order valence-electron chi connectivity index (χ1n) is 9.17. The summed E-state index contributed by atoms with van der Waals surface area (Å²) in [6.45, 7) is -0.196. The SMILES string of the molecule is O=C(COc1ccccc1/C=N\OCc1cccc([N+](=O)[O-])c1)Nc1ccc(F)cc1. The number of para-hydroxylation sites is 1. The van der Waals surface area contributed by atoms with Crippen LogP contribution in [0.5, 0.6) is 5.75 Å². The lowest BCUT2D eigenvalue weighted by Crippen LogP contribution is -2.20. The minimum absolute atomic E-state index is 0.0252. The van der Waals surface area contributed by atoms with E-state index in [0.29, 0.717) is 22.6 Å². The molecule has 3 aromatic rings. The van der Waals surface area contributed by atoms with Crippen molar-refractivity contribution in [3.05, 3.63) is 99.9 Å². The third-order valence-corrected chi connectivity index (χ3v) is 4.02. The average Bonchev–Trinajstić information content (AvgIpc) is 2.78. The summed E-state index contributed by atoms with van der Waals surface area (Å²) in [6.07, 6.45) is 1.42. The summed E-state index contributed by atoms with van der Waals surface area (Å²) >= 11 is 0. The molecule has 0 aromatic heterocycles. The fourth-order valence-corrected chi connectivity index (χ4v) is 2.56. The molecule has 0 fully saturated rings. The molecule has 0 saturated carbocycles. The highest BCUT2D eigenvalue weighted by Crippen LogP contribution is 2.17. The number of halogens is 1. The average molecular weight is 423 g/mol. The summed E-state index contributed by atoms with van der Waals surface area (Å²) in [6, 6.07) is 18.4. The van der Waals surface area contributed by atoms with Gasteiger partial charge in [0.15, 0.2) is 6.61 Å². The van der Waals surface area contributed by atoms with Crippen molar-refractivity contribution >= 4 is 23.5 Å². The topological polar surface area (TPSA) is 103 Å². The summed E-state index contributed by atoms with van der Waals surface area (Å²) in [5.74, 6) is -0.380. The van der Waals surface area contributed by atoms with E-state index in [1.807, 2.05) is 0 Å². The first-order chi connectivity index (χ1) is 15.0. The number of nitro groups is 1. The van der Waals surface area contributed by atoms with Crippen LogP contribution in [0.25, 0.3) is 0 Å².